The van der Waals surface area contributed by atoms with Gasteiger partial charge in [0.25, 0.3) is 5.91 Å². The molecule has 7 N–H and O–H groups in total. The highest BCUT2D eigenvalue weighted by atomic mass is 19.4. The van der Waals surface area contributed by atoms with Gasteiger partial charge in [-0.25, -0.2) is 0 Å². The second-order valence-corrected chi connectivity index (χ2v) is 12.3. The molecule has 0 spiro atoms. The largest absolute Gasteiger partial charge is 0.416 e. The van der Waals surface area contributed by atoms with E-state index in [1.165, 1.54) is 6.42 Å². The third-order valence-electron chi connectivity index (χ3n) is 7.88. The van der Waals surface area contributed by atoms with Crippen LogP contribution in [0.3, 0.4) is 0 Å². The summed E-state index contributed by atoms with van der Waals surface area (Å²) in [6.07, 6.45) is -7.77. The van der Waals surface area contributed by atoms with Crippen LogP contribution in [0.25, 0.3) is 11.1 Å². The number of alkyl halides is 3. The fourth-order valence-corrected chi connectivity index (χ4v) is 5.01. The third kappa shape index (κ3) is 12.5. The van der Waals surface area contributed by atoms with Gasteiger partial charge in [0.15, 0.2) is 6.10 Å². The number of nitrogens with one attached hydrogen (secondary N) is 4. The Morgan fingerprint density at radius 3 is 1.92 bits per heavy atom. The van der Waals surface area contributed by atoms with Gasteiger partial charge >= 0.3 is 6.18 Å². The van der Waals surface area contributed by atoms with Gasteiger partial charge in [-0.05, 0) is 48.1 Å². The lowest BCUT2D eigenvalue weighted by atomic mass is 10.0. The fraction of sp³-hybridized carbons (Fsp3) is 0.378. The first-order valence-corrected chi connectivity index (χ1v) is 16.6. The van der Waals surface area contributed by atoms with E-state index in [1.54, 1.807) is 54.6 Å². The zero-order chi connectivity index (χ0) is 37.6. The van der Waals surface area contributed by atoms with E-state index in [0.717, 1.165) is 11.1 Å². The summed E-state index contributed by atoms with van der Waals surface area (Å²) < 4.78 is 39.8. The zero-order valence-corrected chi connectivity index (χ0v) is 28.5. The van der Waals surface area contributed by atoms with Gasteiger partial charge in [-0.1, -0.05) is 93.1 Å². The highest BCUT2D eigenvalue weighted by Gasteiger charge is 2.54. The molecule has 51 heavy (non-hydrogen) atoms. The van der Waals surface area contributed by atoms with Crippen molar-refractivity contribution in [2.24, 2.45) is 5.73 Å². The average Bonchev–Trinajstić information content (AvgIpc) is 3.89. The number of nitrogens with two attached hydrogens (primary N) is 1. The Labute approximate surface area is 294 Å². The summed E-state index contributed by atoms with van der Waals surface area (Å²) in [5, 5.41) is 19.5. The lowest BCUT2D eigenvalue weighted by molar-refractivity contribution is -0.213. The number of aliphatic hydroxyl groups excluding tert-OH is 1. The number of primary amides is 1. The maximum atomic E-state index is 13.5. The van der Waals surface area contributed by atoms with Crippen LogP contribution in [0, 0.1) is 0 Å². The number of hydrogen-bond acceptors (Lipinski definition) is 6. The Balaban J connectivity index is 0.00000226. The Morgan fingerprint density at radius 1 is 0.843 bits per heavy atom. The molecule has 1 saturated carbocycles. The van der Waals surface area contributed by atoms with Gasteiger partial charge in [-0.15, -0.1) is 0 Å². The molecule has 3 aromatic rings. The predicted octanol–water partition coefficient (Wildman–Crippen LogP) is 3.55. The molecule has 0 aromatic heterocycles. The van der Waals surface area contributed by atoms with Crippen molar-refractivity contribution in [3.05, 3.63) is 96.1 Å². The molecule has 274 valence electrons. The van der Waals surface area contributed by atoms with E-state index in [4.69, 9.17) is 5.73 Å². The van der Waals surface area contributed by atoms with Crippen LogP contribution in [-0.4, -0.2) is 71.1 Å². The van der Waals surface area contributed by atoms with Crippen molar-refractivity contribution < 1.29 is 42.3 Å². The predicted molar refractivity (Wildman–Crippen MR) is 185 cm³/mol. The number of carbonyl (C=O) groups is 5. The normalized spacial score (nSPS) is 14.7. The van der Waals surface area contributed by atoms with Crippen LogP contribution in [0.5, 0.6) is 0 Å². The van der Waals surface area contributed by atoms with Crippen molar-refractivity contribution in [2.75, 3.05) is 6.54 Å². The summed E-state index contributed by atoms with van der Waals surface area (Å²) in [5.41, 5.74) is 6.30. The average molecular weight is 712 g/mol. The standard InChI is InChI=1S/C34H36F3N5O6.C3H8/c35-34(36,37)29(45)25(15-16-27(38)43)41-32(48)33(17-18-33)42-31(47)26(19-21-7-3-1-4-8-21)40-28(44)20-39-30(46)24-13-11-23(12-14-24)22-9-5-2-6-10-22;1-3-2/h1-14,25-26,29,45H,15-20H2,(H2,38,43)(H,39,46)(H,40,44)(H,41,48)(H,42,47);3H2,1-2H3/t25?,26-,29?;/m0./s1. The molecule has 11 nitrogen and oxygen atoms in total. The summed E-state index contributed by atoms with van der Waals surface area (Å²) in [6.45, 7) is 3.78. The minimum Gasteiger partial charge on any atom is -0.382 e. The van der Waals surface area contributed by atoms with E-state index < -0.39 is 78.8 Å². The van der Waals surface area contributed by atoms with E-state index in [0.29, 0.717) is 11.1 Å². The molecule has 2 unspecified atom stereocenters. The molecule has 4 rings (SSSR count). The van der Waals surface area contributed by atoms with Gasteiger partial charge in [0.2, 0.25) is 23.6 Å². The SMILES string of the molecule is CCC.NC(=O)CCC(NC(=O)C1(NC(=O)[C@H](Cc2ccccc2)NC(=O)CNC(=O)c2ccc(-c3ccccc3)cc2)CC1)C(O)C(F)(F)F. The molecule has 0 aliphatic heterocycles. The monoisotopic (exact) mass is 711 g/mol. The third-order valence-corrected chi connectivity index (χ3v) is 7.88. The Bertz CT molecular complexity index is 1620. The topological polar surface area (TPSA) is 180 Å². The van der Waals surface area contributed by atoms with Crippen molar-refractivity contribution in [2.45, 2.75) is 82.3 Å². The Morgan fingerprint density at radius 2 is 1.39 bits per heavy atom. The lowest BCUT2D eigenvalue weighted by Gasteiger charge is -2.28. The number of hydrogen-bond donors (Lipinski definition) is 6. The quantitative estimate of drug-likeness (QED) is 0.140. The number of benzene rings is 3. The van der Waals surface area contributed by atoms with E-state index in [9.17, 15) is 42.3 Å². The first-order valence-electron chi connectivity index (χ1n) is 16.6. The fourth-order valence-electron chi connectivity index (χ4n) is 5.01. The first-order chi connectivity index (χ1) is 24.2. The van der Waals surface area contributed by atoms with E-state index in [2.05, 4.69) is 35.1 Å². The van der Waals surface area contributed by atoms with Crippen LogP contribution in [0.15, 0.2) is 84.9 Å². The molecule has 0 radical (unpaired) electrons. The Kier molecular flexibility index (Phi) is 14.7. The van der Waals surface area contributed by atoms with Crippen molar-refractivity contribution in [3.8, 4) is 11.1 Å². The number of amides is 5. The van der Waals surface area contributed by atoms with Crippen LogP contribution < -0.4 is 27.0 Å². The van der Waals surface area contributed by atoms with Gasteiger partial charge in [-0.2, -0.15) is 13.2 Å². The minimum absolute atomic E-state index is 0.000961. The molecule has 1 aliphatic rings. The zero-order valence-electron chi connectivity index (χ0n) is 28.5. The highest BCUT2D eigenvalue weighted by molar-refractivity contribution is 5.99. The molecule has 1 fully saturated rings. The van der Waals surface area contributed by atoms with Crippen LogP contribution in [0.1, 0.15) is 61.9 Å². The molecular formula is C37H44F3N5O6. The second kappa shape index (κ2) is 18.7. The van der Waals surface area contributed by atoms with Crippen LogP contribution in [0.2, 0.25) is 0 Å². The highest BCUT2D eigenvalue weighted by Crippen LogP contribution is 2.36. The van der Waals surface area contributed by atoms with Gasteiger partial charge in [0, 0.05) is 18.4 Å². The van der Waals surface area contributed by atoms with Crippen molar-refractivity contribution >= 4 is 29.5 Å². The van der Waals surface area contributed by atoms with Gasteiger partial charge < -0.3 is 32.1 Å². The molecule has 3 aromatic carbocycles. The molecular weight excluding hydrogens is 667 g/mol. The maximum absolute atomic E-state index is 13.5. The number of carbonyl (C=O) groups excluding carboxylic acids is 5. The molecule has 0 bridgehead atoms. The van der Waals surface area contributed by atoms with E-state index in [1.807, 2.05) is 30.3 Å². The van der Waals surface area contributed by atoms with Gasteiger partial charge in [0.05, 0.1) is 12.6 Å². The molecule has 14 heteroatoms. The van der Waals surface area contributed by atoms with Gasteiger partial charge in [0.1, 0.15) is 11.6 Å². The van der Waals surface area contributed by atoms with Crippen molar-refractivity contribution in [3.63, 3.8) is 0 Å². The summed E-state index contributed by atoms with van der Waals surface area (Å²) in [6, 6.07) is 21.9. The summed E-state index contributed by atoms with van der Waals surface area (Å²) in [7, 11) is 0. The number of halogens is 3. The maximum Gasteiger partial charge on any atom is 0.416 e. The summed E-state index contributed by atoms with van der Waals surface area (Å²) >= 11 is 0. The first kappa shape index (κ1) is 40.2. The summed E-state index contributed by atoms with van der Waals surface area (Å²) in [5.74, 6) is -3.91. The minimum atomic E-state index is -5.10. The molecule has 3 atom stereocenters. The van der Waals surface area contributed by atoms with Crippen LogP contribution in [-0.2, 0) is 25.6 Å². The van der Waals surface area contributed by atoms with E-state index in [-0.39, 0.29) is 19.3 Å². The van der Waals surface area contributed by atoms with Gasteiger partial charge in [-0.3, -0.25) is 24.0 Å². The van der Waals surface area contributed by atoms with Crippen LogP contribution in [0.4, 0.5) is 13.2 Å². The molecule has 5 amide bonds. The van der Waals surface area contributed by atoms with Crippen LogP contribution >= 0.6 is 0 Å². The molecule has 1 aliphatic carbocycles. The Hall–Kier alpha value is -5.24. The lowest BCUT2D eigenvalue weighted by Crippen LogP contribution is -2.59. The molecule has 0 heterocycles. The number of rotatable bonds is 15. The molecule has 0 saturated heterocycles. The smallest absolute Gasteiger partial charge is 0.382 e. The summed E-state index contributed by atoms with van der Waals surface area (Å²) in [4.78, 5) is 63.4. The second-order valence-electron chi connectivity index (χ2n) is 12.3. The number of aliphatic hydroxyl groups is 1. The van der Waals surface area contributed by atoms with Crippen molar-refractivity contribution in [1.82, 2.24) is 21.3 Å². The van der Waals surface area contributed by atoms with Crippen molar-refractivity contribution in [1.29, 1.82) is 0 Å². The van der Waals surface area contributed by atoms with E-state index >= 15 is 0 Å².